The lowest BCUT2D eigenvalue weighted by Gasteiger charge is -2.37. The predicted octanol–water partition coefficient (Wildman–Crippen LogP) is 2.80. The molecule has 2 N–H and O–H groups in total. The van der Waals surface area contributed by atoms with Crippen LogP contribution in [0.4, 0.5) is 18.9 Å². The van der Waals surface area contributed by atoms with Crippen LogP contribution in [-0.2, 0) is 11.0 Å². The molecule has 2 aliphatic rings. The number of hydrogen-bond acceptors (Lipinski definition) is 4. The number of nitrogens with zero attached hydrogens (tertiary/aromatic N) is 2. The second kappa shape index (κ2) is 9.01. The molecule has 0 spiro atoms. The van der Waals surface area contributed by atoms with Crippen molar-refractivity contribution in [1.82, 2.24) is 10.6 Å². The fourth-order valence-electron chi connectivity index (χ4n) is 4.31. The molecule has 2 saturated heterocycles. The number of benzene rings is 1. The Kier molecular flexibility index (Phi) is 7.18. The highest BCUT2D eigenvalue weighted by atomic mass is 35.5. The molecule has 1 aromatic rings. The molecule has 0 radical (unpaired) electrons. The van der Waals surface area contributed by atoms with Crippen LogP contribution in [-0.4, -0.2) is 39.1 Å². The first-order valence-corrected chi connectivity index (χ1v) is 9.13. The maximum atomic E-state index is 13.2. The summed E-state index contributed by atoms with van der Waals surface area (Å²) in [5, 5.41) is 14.9. The maximum absolute atomic E-state index is 13.2. The van der Waals surface area contributed by atoms with E-state index in [1.807, 2.05) is 4.90 Å². The first-order valence-electron chi connectivity index (χ1n) is 9.13. The molecule has 1 amide bonds. The number of amides is 1. The largest absolute Gasteiger partial charge is 0.417 e. The number of nitriles is 1. The third-order valence-corrected chi connectivity index (χ3v) is 5.78. The second-order valence-electron chi connectivity index (χ2n) is 7.21. The summed E-state index contributed by atoms with van der Waals surface area (Å²) < 4.78 is 39.6. The lowest BCUT2D eigenvalue weighted by Crippen LogP contribution is -2.41. The standard InChI is InChI=1S/C19H23F3N4O.ClH/c1-24-18(27)16-11-25-10-15(16)12-4-6-26(7-5-12)14-3-2-13(9-23)17(8-14)19(20,21)22;/h2-3,8,12,15-16,25H,4-7,10-11H2,1H3,(H,24,27);1H/t15-,16+;/m0./s1. The van der Waals surface area contributed by atoms with Crippen LogP contribution in [0, 0.1) is 29.1 Å². The minimum absolute atomic E-state index is 0. The number of hydrogen-bond donors (Lipinski definition) is 2. The fraction of sp³-hybridized carbons (Fsp3) is 0.579. The van der Waals surface area contributed by atoms with Gasteiger partial charge < -0.3 is 15.5 Å². The minimum Gasteiger partial charge on any atom is -0.372 e. The van der Waals surface area contributed by atoms with Crippen LogP contribution in [0.3, 0.4) is 0 Å². The molecule has 28 heavy (non-hydrogen) atoms. The molecule has 2 heterocycles. The van der Waals surface area contributed by atoms with E-state index < -0.39 is 11.7 Å². The Bertz CT molecular complexity index is 742. The SMILES string of the molecule is CNC(=O)[C@@H]1CNC[C@H]1C1CCN(c2ccc(C#N)c(C(F)(F)F)c2)CC1.Cl. The zero-order chi connectivity index (χ0) is 19.6. The van der Waals surface area contributed by atoms with Gasteiger partial charge in [-0.05, 0) is 49.4 Å². The average molecular weight is 417 g/mol. The van der Waals surface area contributed by atoms with Crippen LogP contribution in [0.2, 0.25) is 0 Å². The molecule has 154 valence electrons. The predicted molar refractivity (Wildman–Crippen MR) is 102 cm³/mol. The van der Waals surface area contributed by atoms with Crippen molar-refractivity contribution in [3.8, 4) is 6.07 Å². The molecule has 0 saturated carbocycles. The van der Waals surface area contributed by atoms with Gasteiger partial charge in [-0.25, -0.2) is 0 Å². The van der Waals surface area contributed by atoms with Crippen molar-refractivity contribution < 1.29 is 18.0 Å². The Hall–Kier alpha value is -1.98. The highest BCUT2D eigenvalue weighted by Gasteiger charge is 2.39. The molecule has 2 aliphatic heterocycles. The summed E-state index contributed by atoms with van der Waals surface area (Å²) in [6.45, 7) is 2.77. The van der Waals surface area contributed by atoms with Crippen LogP contribution in [0.25, 0.3) is 0 Å². The van der Waals surface area contributed by atoms with Crippen LogP contribution in [0.1, 0.15) is 24.0 Å². The first kappa shape index (κ1) is 22.3. The summed E-state index contributed by atoms with van der Waals surface area (Å²) in [6.07, 6.45) is -2.88. The normalized spacial score (nSPS) is 23.0. The zero-order valence-electron chi connectivity index (χ0n) is 15.6. The van der Waals surface area contributed by atoms with Gasteiger partial charge in [0.1, 0.15) is 0 Å². The van der Waals surface area contributed by atoms with Gasteiger partial charge in [-0.1, -0.05) is 0 Å². The van der Waals surface area contributed by atoms with Gasteiger partial charge in [-0.2, -0.15) is 18.4 Å². The number of halogens is 4. The van der Waals surface area contributed by atoms with E-state index in [0.717, 1.165) is 25.5 Å². The van der Waals surface area contributed by atoms with E-state index in [2.05, 4.69) is 10.6 Å². The van der Waals surface area contributed by atoms with E-state index in [0.29, 0.717) is 31.2 Å². The van der Waals surface area contributed by atoms with Crippen molar-refractivity contribution in [1.29, 1.82) is 5.26 Å². The molecule has 1 aromatic carbocycles. The van der Waals surface area contributed by atoms with Gasteiger partial charge in [0.25, 0.3) is 0 Å². The zero-order valence-corrected chi connectivity index (χ0v) is 16.4. The van der Waals surface area contributed by atoms with E-state index >= 15 is 0 Å². The molecule has 2 atom stereocenters. The van der Waals surface area contributed by atoms with E-state index in [4.69, 9.17) is 5.26 Å². The van der Waals surface area contributed by atoms with Crippen molar-refractivity contribution >= 4 is 24.0 Å². The van der Waals surface area contributed by atoms with Crippen LogP contribution >= 0.6 is 12.4 Å². The average Bonchev–Trinajstić information content (AvgIpc) is 3.16. The van der Waals surface area contributed by atoms with Gasteiger partial charge >= 0.3 is 6.18 Å². The molecule has 3 rings (SSSR count). The summed E-state index contributed by atoms with van der Waals surface area (Å²) >= 11 is 0. The van der Waals surface area contributed by atoms with Crippen molar-refractivity contribution in [2.45, 2.75) is 19.0 Å². The lowest BCUT2D eigenvalue weighted by atomic mass is 9.78. The number of nitrogens with one attached hydrogen (secondary N) is 2. The summed E-state index contributed by atoms with van der Waals surface area (Å²) in [5.74, 6) is 0.644. The molecule has 0 bridgehead atoms. The van der Waals surface area contributed by atoms with Gasteiger partial charge in [0.15, 0.2) is 0 Å². The summed E-state index contributed by atoms with van der Waals surface area (Å²) in [7, 11) is 1.64. The monoisotopic (exact) mass is 416 g/mol. The van der Waals surface area contributed by atoms with Gasteiger partial charge in [0, 0.05) is 32.4 Å². The molecule has 0 unspecified atom stereocenters. The number of anilines is 1. The number of piperidine rings is 1. The van der Waals surface area contributed by atoms with Crippen LogP contribution < -0.4 is 15.5 Å². The quantitative estimate of drug-likeness (QED) is 0.795. The van der Waals surface area contributed by atoms with E-state index in [-0.39, 0.29) is 35.7 Å². The van der Waals surface area contributed by atoms with Crippen molar-refractivity contribution in [2.24, 2.45) is 17.8 Å². The number of alkyl halides is 3. The number of carbonyl (C=O) groups is 1. The van der Waals surface area contributed by atoms with Crippen LogP contribution in [0.5, 0.6) is 0 Å². The highest BCUT2D eigenvalue weighted by molar-refractivity contribution is 5.85. The Morgan fingerprint density at radius 1 is 1.29 bits per heavy atom. The Balaban J connectivity index is 0.00000280. The van der Waals surface area contributed by atoms with Gasteiger partial charge in [-0.3, -0.25) is 4.79 Å². The summed E-state index contributed by atoms with van der Waals surface area (Å²) in [5.41, 5.74) is -0.747. The highest BCUT2D eigenvalue weighted by Crippen LogP contribution is 2.37. The van der Waals surface area contributed by atoms with Gasteiger partial charge in [0.05, 0.1) is 23.1 Å². The van der Waals surface area contributed by atoms with Gasteiger partial charge in [-0.15, -0.1) is 12.4 Å². The number of carbonyl (C=O) groups excluding carboxylic acids is 1. The van der Waals surface area contributed by atoms with Crippen molar-refractivity contribution in [2.75, 3.05) is 38.1 Å². The molecular formula is C19H24ClF3N4O. The third kappa shape index (κ3) is 4.53. The third-order valence-electron chi connectivity index (χ3n) is 5.78. The lowest BCUT2D eigenvalue weighted by molar-refractivity contribution is -0.137. The van der Waals surface area contributed by atoms with Crippen LogP contribution in [0.15, 0.2) is 18.2 Å². The minimum atomic E-state index is -4.55. The number of rotatable bonds is 3. The Morgan fingerprint density at radius 2 is 1.96 bits per heavy atom. The van der Waals surface area contributed by atoms with E-state index in [9.17, 15) is 18.0 Å². The van der Waals surface area contributed by atoms with Crippen molar-refractivity contribution in [3.05, 3.63) is 29.3 Å². The van der Waals surface area contributed by atoms with Crippen molar-refractivity contribution in [3.63, 3.8) is 0 Å². The molecule has 2 fully saturated rings. The summed E-state index contributed by atoms with van der Waals surface area (Å²) in [4.78, 5) is 14.0. The molecule has 0 aromatic heterocycles. The van der Waals surface area contributed by atoms with E-state index in [1.165, 1.54) is 6.07 Å². The maximum Gasteiger partial charge on any atom is 0.417 e. The Morgan fingerprint density at radius 3 is 2.54 bits per heavy atom. The topological polar surface area (TPSA) is 68.2 Å². The Labute approximate surface area is 168 Å². The smallest absolute Gasteiger partial charge is 0.372 e. The molecular weight excluding hydrogens is 393 g/mol. The van der Waals surface area contributed by atoms with Gasteiger partial charge in [0.2, 0.25) is 5.91 Å². The molecule has 0 aliphatic carbocycles. The second-order valence-corrected chi connectivity index (χ2v) is 7.21. The molecule has 5 nitrogen and oxygen atoms in total. The summed E-state index contributed by atoms with van der Waals surface area (Å²) in [6, 6.07) is 5.51. The first-order chi connectivity index (χ1) is 12.8. The molecule has 9 heteroatoms. The fourth-order valence-corrected chi connectivity index (χ4v) is 4.31. The van der Waals surface area contributed by atoms with E-state index in [1.54, 1.807) is 19.2 Å².